The molecule has 5 nitrogen and oxygen atoms in total. The van der Waals surface area contributed by atoms with Gasteiger partial charge in [0.1, 0.15) is 17.3 Å². The van der Waals surface area contributed by atoms with E-state index in [9.17, 15) is 4.79 Å². The van der Waals surface area contributed by atoms with Crippen LogP contribution in [0.5, 0.6) is 0 Å². The van der Waals surface area contributed by atoms with Crippen LogP contribution in [0.3, 0.4) is 0 Å². The van der Waals surface area contributed by atoms with Gasteiger partial charge in [0.15, 0.2) is 0 Å². The second-order valence-corrected chi connectivity index (χ2v) is 5.76. The zero-order chi connectivity index (χ0) is 13.3. The molecule has 1 aliphatic heterocycles. The van der Waals surface area contributed by atoms with E-state index in [1.807, 2.05) is 11.8 Å². The van der Waals surface area contributed by atoms with Crippen molar-refractivity contribution in [3.05, 3.63) is 16.0 Å². The van der Waals surface area contributed by atoms with Crippen molar-refractivity contribution in [2.45, 2.75) is 13.3 Å². The third-order valence-electron chi connectivity index (χ3n) is 3.28. The molecule has 1 aromatic rings. The fourth-order valence-corrected chi connectivity index (χ4v) is 2.77. The SMILES string of the molecule is CNC(=O)C1(C)CCN(c2ncnc(Cl)c2Br)C1. The molecule has 0 spiro atoms. The molecular formula is C11H14BrClN4O. The molecule has 0 bridgehead atoms. The largest absolute Gasteiger partial charge is 0.359 e. The fraction of sp³-hybridized carbons (Fsp3) is 0.545. The van der Waals surface area contributed by atoms with E-state index < -0.39 is 0 Å². The van der Waals surface area contributed by atoms with Crippen molar-refractivity contribution in [2.24, 2.45) is 5.41 Å². The van der Waals surface area contributed by atoms with Gasteiger partial charge in [-0.2, -0.15) is 0 Å². The predicted octanol–water partition coefficient (Wildman–Crippen LogP) is 1.85. The van der Waals surface area contributed by atoms with Gasteiger partial charge in [0, 0.05) is 20.1 Å². The summed E-state index contributed by atoms with van der Waals surface area (Å²) in [6.45, 7) is 3.36. The Hall–Kier alpha value is -0.880. The summed E-state index contributed by atoms with van der Waals surface area (Å²) in [6, 6.07) is 0. The van der Waals surface area contributed by atoms with Crippen LogP contribution in [0, 0.1) is 5.41 Å². The number of nitrogens with one attached hydrogen (secondary N) is 1. The lowest BCUT2D eigenvalue weighted by Gasteiger charge is -2.23. The predicted molar refractivity (Wildman–Crippen MR) is 73.7 cm³/mol. The maximum absolute atomic E-state index is 11.9. The van der Waals surface area contributed by atoms with Crippen LogP contribution in [0.15, 0.2) is 10.8 Å². The molecule has 1 N–H and O–H groups in total. The monoisotopic (exact) mass is 332 g/mol. The first-order chi connectivity index (χ1) is 8.48. The number of amides is 1. The highest BCUT2D eigenvalue weighted by Gasteiger charge is 2.40. The van der Waals surface area contributed by atoms with Crippen LogP contribution >= 0.6 is 27.5 Å². The molecule has 7 heteroatoms. The molecular weight excluding hydrogens is 320 g/mol. The van der Waals surface area contributed by atoms with Gasteiger partial charge in [0.25, 0.3) is 0 Å². The van der Waals surface area contributed by atoms with Gasteiger partial charge in [-0.3, -0.25) is 4.79 Å². The van der Waals surface area contributed by atoms with Crippen LogP contribution in [0.1, 0.15) is 13.3 Å². The Morgan fingerprint density at radius 3 is 3.00 bits per heavy atom. The van der Waals surface area contributed by atoms with E-state index >= 15 is 0 Å². The molecule has 1 amide bonds. The molecule has 1 saturated heterocycles. The molecule has 0 aromatic carbocycles. The first-order valence-electron chi connectivity index (χ1n) is 5.61. The van der Waals surface area contributed by atoms with Crippen LogP contribution in [-0.4, -0.2) is 36.0 Å². The lowest BCUT2D eigenvalue weighted by molar-refractivity contribution is -0.128. The minimum absolute atomic E-state index is 0.0567. The topological polar surface area (TPSA) is 58.1 Å². The number of nitrogens with zero attached hydrogens (tertiary/aromatic N) is 3. The van der Waals surface area contributed by atoms with Gasteiger partial charge in [-0.1, -0.05) is 11.6 Å². The molecule has 98 valence electrons. The average molecular weight is 334 g/mol. The smallest absolute Gasteiger partial charge is 0.227 e. The van der Waals surface area contributed by atoms with E-state index in [-0.39, 0.29) is 11.3 Å². The van der Waals surface area contributed by atoms with Crippen molar-refractivity contribution in [2.75, 3.05) is 25.0 Å². The van der Waals surface area contributed by atoms with Crippen molar-refractivity contribution >= 4 is 39.3 Å². The molecule has 1 aliphatic rings. The number of hydrogen-bond donors (Lipinski definition) is 1. The van der Waals surface area contributed by atoms with E-state index in [1.165, 1.54) is 6.33 Å². The van der Waals surface area contributed by atoms with Crippen LogP contribution < -0.4 is 10.2 Å². The van der Waals surface area contributed by atoms with Gasteiger partial charge in [0.05, 0.1) is 9.89 Å². The van der Waals surface area contributed by atoms with Crippen LogP contribution in [0.4, 0.5) is 5.82 Å². The number of aromatic nitrogens is 2. The van der Waals surface area contributed by atoms with Crippen LogP contribution in [-0.2, 0) is 4.79 Å². The van der Waals surface area contributed by atoms with E-state index in [4.69, 9.17) is 11.6 Å². The minimum Gasteiger partial charge on any atom is -0.359 e. The van der Waals surface area contributed by atoms with Crippen LogP contribution in [0.2, 0.25) is 5.15 Å². The molecule has 2 rings (SSSR count). The fourth-order valence-electron chi connectivity index (χ4n) is 2.19. The Kier molecular flexibility index (Phi) is 3.77. The van der Waals surface area contributed by atoms with Crippen LogP contribution in [0.25, 0.3) is 0 Å². The summed E-state index contributed by atoms with van der Waals surface area (Å²) in [7, 11) is 1.66. The van der Waals surface area contributed by atoms with Gasteiger partial charge < -0.3 is 10.2 Å². The summed E-state index contributed by atoms with van der Waals surface area (Å²) in [5.74, 6) is 0.795. The minimum atomic E-state index is -0.383. The number of anilines is 1. The Morgan fingerprint density at radius 1 is 1.61 bits per heavy atom. The first kappa shape index (κ1) is 13.5. The van der Waals surface area contributed by atoms with Gasteiger partial charge in [-0.25, -0.2) is 9.97 Å². The zero-order valence-corrected chi connectivity index (χ0v) is 12.5. The van der Waals surface area contributed by atoms with Gasteiger partial charge in [-0.15, -0.1) is 0 Å². The summed E-state index contributed by atoms with van der Waals surface area (Å²) in [6.07, 6.45) is 2.22. The Bertz CT molecular complexity index is 484. The molecule has 1 aromatic heterocycles. The molecule has 18 heavy (non-hydrogen) atoms. The van der Waals surface area contributed by atoms with E-state index in [1.54, 1.807) is 7.05 Å². The highest BCUT2D eigenvalue weighted by atomic mass is 79.9. The molecule has 2 heterocycles. The zero-order valence-electron chi connectivity index (χ0n) is 10.2. The Morgan fingerprint density at radius 2 is 2.33 bits per heavy atom. The lowest BCUT2D eigenvalue weighted by Crippen LogP contribution is -2.39. The summed E-state index contributed by atoms with van der Waals surface area (Å²) in [5.41, 5.74) is -0.383. The highest BCUT2D eigenvalue weighted by molar-refractivity contribution is 9.10. The molecule has 0 radical (unpaired) electrons. The third-order valence-corrected chi connectivity index (χ3v) is 4.52. The van der Waals surface area contributed by atoms with Gasteiger partial charge in [-0.05, 0) is 29.3 Å². The number of carbonyl (C=O) groups excluding carboxylic acids is 1. The maximum Gasteiger partial charge on any atom is 0.227 e. The summed E-state index contributed by atoms with van der Waals surface area (Å²) < 4.78 is 0.674. The van der Waals surface area contributed by atoms with E-state index in [2.05, 4.69) is 31.2 Å². The average Bonchev–Trinajstić information content (AvgIpc) is 2.75. The second-order valence-electron chi connectivity index (χ2n) is 4.61. The maximum atomic E-state index is 11.9. The lowest BCUT2D eigenvalue weighted by atomic mass is 9.89. The Balaban J connectivity index is 2.23. The quantitative estimate of drug-likeness (QED) is 0.839. The van der Waals surface area contributed by atoms with Crippen molar-refractivity contribution < 1.29 is 4.79 Å². The number of halogens is 2. The van der Waals surface area contributed by atoms with Gasteiger partial charge in [0.2, 0.25) is 5.91 Å². The van der Waals surface area contributed by atoms with E-state index in [0.29, 0.717) is 16.2 Å². The van der Waals surface area contributed by atoms with E-state index in [0.717, 1.165) is 18.8 Å². The van der Waals surface area contributed by atoms with Gasteiger partial charge >= 0.3 is 0 Å². The second kappa shape index (κ2) is 5.01. The molecule has 1 fully saturated rings. The number of hydrogen-bond acceptors (Lipinski definition) is 4. The summed E-state index contributed by atoms with van der Waals surface area (Å²) >= 11 is 9.33. The molecule has 1 atom stereocenters. The summed E-state index contributed by atoms with van der Waals surface area (Å²) in [4.78, 5) is 22.0. The summed E-state index contributed by atoms with van der Waals surface area (Å²) in [5, 5.41) is 3.09. The Labute approximate surface area is 119 Å². The normalized spacial score (nSPS) is 23.2. The first-order valence-corrected chi connectivity index (χ1v) is 6.78. The van der Waals surface area contributed by atoms with Crippen molar-refractivity contribution in [1.82, 2.24) is 15.3 Å². The number of carbonyl (C=O) groups is 1. The van der Waals surface area contributed by atoms with Crippen molar-refractivity contribution in [3.8, 4) is 0 Å². The van der Waals surface area contributed by atoms with Crippen molar-refractivity contribution in [1.29, 1.82) is 0 Å². The standard InChI is InChI=1S/C11H14BrClN4O/c1-11(10(18)14-2)3-4-17(5-11)9-7(12)8(13)15-6-16-9/h6H,3-5H2,1-2H3,(H,14,18). The molecule has 0 aliphatic carbocycles. The van der Waals surface area contributed by atoms with Crippen molar-refractivity contribution in [3.63, 3.8) is 0 Å². The highest BCUT2D eigenvalue weighted by Crippen LogP contribution is 2.36. The number of rotatable bonds is 2. The molecule has 0 saturated carbocycles. The molecule has 1 unspecified atom stereocenters. The third kappa shape index (κ3) is 2.31.